The summed E-state index contributed by atoms with van der Waals surface area (Å²) in [7, 11) is 0. The van der Waals surface area contributed by atoms with E-state index in [0.717, 1.165) is 5.76 Å². The normalized spacial score (nSPS) is 10.7. The molecule has 1 amide bonds. The van der Waals surface area contributed by atoms with Crippen molar-refractivity contribution in [1.82, 2.24) is 0 Å². The Hall–Kier alpha value is -3.27. The van der Waals surface area contributed by atoms with Crippen molar-refractivity contribution in [3.63, 3.8) is 0 Å². The molecule has 1 aromatic heterocycles. The van der Waals surface area contributed by atoms with Gasteiger partial charge in [-0.25, -0.2) is 0 Å². The van der Waals surface area contributed by atoms with Crippen LogP contribution in [0.4, 0.5) is 5.69 Å². The average Bonchev–Trinajstić information content (AvgIpc) is 3.01. The van der Waals surface area contributed by atoms with Crippen LogP contribution in [-0.4, -0.2) is 5.91 Å². The first-order chi connectivity index (χ1) is 11.7. The SMILES string of the molecule is Cc1ccc(C=CC(=O)Nc2ccccc2Oc2ccccc2)o1. The summed E-state index contributed by atoms with van der Waals surface area (Å²) in [5.74, 6) is 2.47. The zero-order chi connectivity index (χ0) is 16.8. The fourth-order valence-electron chi connectivity index (χ4n) is 2.15. The second-order valence-electron chi connectivity index (χ2n) is 5.18. The van der Waals surface area contributed by atoms with E-state index in [1.54, 1.807) is 12.1 Å². The summed E-state index contributed by atoms with van der Waals surface area (Å²) in [6.45, 7) is 1.86. The molecule has 3 aromatic rings. The molecule has 0 saturated heterocycles. The lowest BCUT2D eigenvalue weighted by Crippen LogP contribution is -2.08. The number of para-hydroxylation sites is 3. The Labute approximate surface area is 140 Å². The Morgan fingerprint density at radius 1 is 1.00 bits per heavy atom. The summed E-state index contributed by atoms with van der Waals surface area (Å²) in [5.41, 5.74) is 0.603. The first-order valence-corrected chi connectivity index (χ1v) is 7.58. The number of amides is 1. The van der Waals surface area contributed by atoms with Crippen molar-refractivity contribution < 1.29 is 13.9 Å². The van der Waals surface area contributed by atoms with Crippen LogP contribution in [0.2, 0.25) is 0 Å². The van der Waals surface area contributed by atoms with Crippen molar-refractivity contribution in [2.75, 3.05) is 5.32 Å². The number of carbonyl (C=O) groups is 1. The highest BCUT2D eigenvalue weighted by molar-refractivity contribution is 6.02. The molecular formula is C20H17NO3. The highest BCUT2D eigenvalue weighted by Crippen LogP contribution is 2.29. The molecule has 2 aromatic carbocycles. The molecule has 0 spiro atoms. The minimum absolute atomic E-state index is 0.256. The highest BCUT2D eigenvalue weighted by atomic mass is 16.5. The monoisotopic (exact) mass is 319 g/mol. The Morgan fingerprint density at radius 3 is 2.50 bits per heavy atom. The number of carbonyl (C=O) groups excluding carboxylic acids is 1. The third kappa shape index (κ3) is 4.14. The van der Waals surface area contributed by atoms with Crippen LogP contribution in [0.3, 0.4) is 0 Å². The summed E-state index contributed by atoms with van der Waals surface area (Å²) in [4.78, 5) is 12.1. The number of hydrogen-bond acceptors (Lipinski definition) is 3. The van der Waals surface area contributed by atoms with Gasteiger partial charge < -0.3 is 14.5 Å². The van der Waals surface area contributed by atoms with Gasteiger partial charge in [-0.05, 0) is 49.4 Å². The van der Waals surface area contributed by atoms with Gasteiger partial charge in [0.2, 0.25) is 5.91 Å². The molecule has 0 aliphatic carbocycles. The molecule has 0 radical (unpaired) electrons. The van der Waals surface area contributed by atoms with Crippen molar-refractivity contribution in [2.24, 2.45) is 0 Å². The topological polar surface area (TPSA) is 51.5 Å². The smallest absolute Gasteiger partial charge is 0.248 e. The molecule has 0 aliphatic rings. The average molecular weight is 319 g/mol. The van der Waals surface area contributed by atoms with Gasteiger partial charge in [-0.3, -0.25) is 4.79 Å². The van der Waals surface area contributed by atoms with Gasteiger partial charge in [0.05, 0.1) is 5.69 Å². The number of hydrogen-bond donors (Lipinski definition) is 1. The van der Waals surface area contributed by atoms with Gasteiger partial charge >= 0.3 is 0 Å². The van der Waals surface area contributed by atoms with Crippen LogP contribution in [0.15, 0.2) is 77.2 Å². The van der Waals surface area contributed by atoms with E-state index in [1.165, 1.54) is 6.08 Å². The Kier molecular flexibility index (Phi) is 4.77. The molecule has 0 saturated carbocycles. The molecule has 24 heavy (non-hydrogen) atoms. The molecule has 1 N–H and O–H groups in total. The minimum atomic E-state index is -0.256. The number of ether oxygens (including phenoxy) is 1. The van der Waals surface area contributed by atoms with Crippen LogP contribution in [0, 0.1) is 6.92 Å². The van der Waals surface area contributed by atoms with Crippen LogP contribution < -0.4 is 10.1 Å². The fourth-order valence-corrected chi connectivity index (χ4v) is 2.15. The number of furan rings is 1. The van der Waals surface area contributed by atoms with E-state index in [4.69, 9.17) is 9.15 Å². The number of benzene rings is 2. The summed E-state index contributed by atoms with van der Waals surface area (Å²) >= 11 is 0. The van der Waals surface area contributed by atoms with E-state index >= 15 is 0 Å². The van der Waals surface area contributed by atoms with E-state index < -0.39 is 0 Å². The summed E-state index contributed by atoms with van der Waals surface area (Å²) in [5, 5.41) is 2.82. The molecule has 120 valence electrons. The molecule has 0 aliphatic heterocycles. The van der Waals surface area contributed by atoms with Crippen LogP contribution in [-0.2, 0) is 4.79 Å². The second-order valence-corrected chi connectivity index (χ2v) is 5.18. The van der Waals surface area contributed by atoms with Crippen LogP contribution in [0.5, 0.6) is 11.5 Å². The lowest BCUT2D eigenvalue weighted by Gasteiger charge is -2.11. The van der Waals surface area contributed by atoms with Crippen LogP contribution in [0.25, 0.3) is 6.08 Å². The van der Waals surface area contributed by atoms with Crippen LogP contribution in [0.1, 0.15) is 11.5 Å². The van der Waals surface area contributed by atoms with Crippen molar-refractivity contribution in [3.05, 3.63) is 84.3 Å². The first kappa shape index (κ1) is 15.6. The Morgan fingerprint density at radius 2 is 1.75 bits per heavy atom. The van der Waals surface area contributed by atoms with Gasteiger partial charge in [-0.2, -0.15) is 0 Å². The third-order valence-electron chi connectivity index (χ3n) is 3.28. The standard InChI is InChI=1S/C20H17NO3/c1-15-11-12-17(23-15)13-14-20(22)21-18-9-5-6-10-19(18)24-16-7-3-2-4-8-16/h2-14H,1H3,(H,21,22). The van der Waals surface area contributed by atoms with Gasteiger partial charge in [-0.1, -0.05) is 30.3 Å². The molecule has 3 rings (SSSR count). The number of nitrogens with one attached hydrogen (secondary N) is 1. The fraction of sp³-hybridized carbons (Fsp3) is 0.0500. The summed E-state index contributed by atoms with van der Waals surface area (Å²) < 4.78 is 11.2. The zero-order valence-electron chi connectivity index (χ0n) is 13.2. The first-order valence-electron chi connectivity index (χ1n) is 7.58. The maximum atomic E-state index is 12.1. The van der Waals surface area contributed by atoms with Crippen molar-refractivity contribution in [3.8, 4) is 11.5 Å². The number of aryl methyl sites for hydroxylation is 1. The minimum Gasteiger partial charge on any atom is -0.462 e. The van der Waals surface area contributed by atoms with E-state index in [1.807, 2.05) is 67.6 Å². The molecule has 0 bridgehead atoms. The maximum Gasteiger partial charge on any atom is 0.248 e. The van der Waals surface area contributed by atoms with Gasteiger partial charge in [0, 0.05) is 6.08 Å². The number of anilines is 1. The third-order valence-corrected chi connectivity index (χ3v) is 3.28. The van der Waals surface area contributed by atoms with Crippen molar-refractivity contribution in [1.29, 1.82) is 0 Å². The quantitative estimate of drug-likeness (QED) is 0.671. The molecule has 0 unspecified atom stereocenters. The van der Waals surface area contributed by atoms with E-state index in [2.05, 4.69) is 5.32 Å². The van der Waals surface area contributed by atoms with Crippen molar-refractivity contribution >= 4 is 17.7 Å². The highest BCUT2D eigenvalue weighted by Gasteiger charge is 2.06. The lowest BCUT2D eigenvalue weighted by molar-refractivity contribution is -0.111. The molecule has 4 nitrogen and oxygen atoms in total. The van der Waals surface area contributed by atoms with Gasteiger partial charge in [0.15, 0.2) is 5.75 Å². The number of rotatable bonds is 5. The second kappa shape index (κ2) is 7.33. The van der Waals surface area contributed by atoms with Gasteiger partial charge in [0.1, 0.15) is 17.3 Å². The molecule has 0 fully saturated rings. The van der Waals surface area contributed by atoms with Gasteiger partial charge in [-0.15, -0.1) is 0 Å². The molecular weight excluding hydrogens is 302 g/mol. The largest absolute Gasteiger partial charge is 0.462 e. The van der Waals surface area contributed by atoms with E-state index in [9.17, 15) is 4.79 Å². The molecule has 1 heterocycles. The maximum absolute atomic E-state index is 12.1. The Balaban J connectivity index is 1.70. The summed E-state index contributed by atoms with van der Waals surface area (Å²) in [6.07, 6.45) is 3.06. The molecule has 4 heteroatoms. The van der Waals surface area contributed by atoms with E-state index in [-0.39, 0.29) is 5.91 Å². The van der Waals surface area contributed by atoms with E-state index in [0.29, 0.717) is 22.9 Å². The van der Waals surface area contributed by atoms with Crippen molar-refractivity contribution in [2.45, 2.75) is 6.92 Å². The summed E-state index contributed by atoms with van der Waals surface area (Å²) in [6, 6.07) is 20.4. The van der Waals surface area contributed by atoms with Gasteiger partial charge in [0.25, 0.3) is 0 Å². The predicted molar refractivity (Wildman–Crippen MR) is 94.1 cm³/mol. The molecule has 0 atom stereocenters. The predicted octanol–water partition coefficient (Wildman–Crippen LogP) is 5.03. The Bertz CT molecular complexity index is 850. The lowest BCUT2D eigenvalue weighted by atomic mass is 10.2. The van der Waals surface area contributed by atoms with Crippen LogP contribution >= 0.6 is 0 Å². The zero-order valence-corrected chi connectivity index (χ0v) is 13.2.